The van der Waals surface area contributed by atoms with E-state index in [1.165, 1.54) is 10.4 Å². The second-order valence-electron chi connectivity index (χ2n) is 9.47. The zero-order chi connectivity index (χ0) is 25.3. The van der Waals surface area contributed by atoms with Crippen LogP contribution in [0.2, 0.25) is 0 Å². The molecule has 7 nitrogen and oxygen atoms in total. The molecule has 1 aliphatic carbocycles. The quantitative estimate of drug-likeness (QED) is 0.393. The number of ether oxygens (including phenoxy) is 1. The van der Waals surface area contributed by atoms with Crippen molar-refractivity contribution < 1.29 is 27.5 Å². The van der Waals surface area contributed by atoms with Gasteiger partial charge in [-0.15, -0.1) is 0 Å². The van der Waals surface area contributed by atoms with Crippen molar-refractivity contribution in [1.29, 1.82) is 0 Å². The van der Waals surface area contributed by atoms with E-state index in [0.29, 0.717) is 17.2 Å². The third-order valence-electron chi connectivity index (χ3n) is 6.21. The molecular formula is C27H31NNaO6S. The van der Waals surface area contributed by atoms with E-state index < -0.39 is 16.0 Å². The number of hydrogen-bond donors (Lipinski definition) is 1. The maximum atomic E-state index is 13.7. The Morgan fingerprint density at radius 1 is 1.08 bits per heavy atom. The molecule has 1 N–H and O–H groups in total. The van der Waals surface area contributed by atoms with E-state index in [1.54, 1.807) is 31.2 Å². The first kappa shape index (κ1) is 28.3. The van der Waals surface area contributed by atoms with Gasteiger partial charge >= 0.3 is 5.97 Å². The van der Waals surface area contributed by atoms with Crippen LogP contribution in [0.3, 0.4) is 0 Å². The summed E-state index contributed by atoms with van der Waals surface area (Å²) in [5.74, 6) is 0.0931. The molecule has 0 spiro atoms. The monoisotopic (exact) mass is 520 g/mol. The summed E-state index contributed by atoms with van der Waals surface area (Å²) in [5, 5.41) is 9.14. The van der Waals surface area contributed by atoms with E-state index in [4.69, 9.17) is 9.15 Å². The topological polar surface area (TPSA) is 97.0 Å². The smallest absolute Gasteiger partial charge is 0.335 e. The zero-order valence-corrected chi connectivity index (χ0v) is 24.3. The van der Waals surface area contributed by atoms with E-state index >= 15 is 0 Å². The first-order chi connectivity index (χ1) is 16.6. The average Bonchev–Trinajstić information content (AvgIpc) is 3.44. The summed E-state index contributed by atoms with van der Waals surface area (Å²) in [6.45, 7) is 7.95. The van der Waals surface area contributed by atoms with Crippen LogP contribution in [0.25, 0.3) is 0 Å². The number of anilines is 1. The van der Waals surface area contributed by atoms with Gasteiger partial charge in [-0.1, -0.05) is 19.9 Å². The number of carbonyl (C=O) groups is 1. The number of carboxylic acid groups (broad SMARTS) is 1. The van der Waals surface area contributed by atoms with E-state index in [0.717, 1.165) is 41.5 Å². The summed E-state index contributed by atoms with van der Waals surface area (Å²) in [4.78, 5) is 11.3. The Morgan fingerprint density at radius 3 is 2.36 bits per heavy atom. The maximum absolute atomic E-state index is 13.7. The molecule has 0 aliphatic heterocycles. The molecule has 3 aromatic rings. The Morgan fingerprint density at radius 2 is 1.78 bits per heavy atom. The van der Waals surface area contributed by atoms with E-state index in [1.807, 2.05) is 32.9 Å². The molecule has 0 fully saturated rings. The van der Waals surface area contributed by atoms with Crippen LogP contribution in [0, 0.1) is 19.8 Å². The number of nitrogens with zero attached hydrogens (tertiary/aromatic N) is 1. The van der Waals surface area contributed by atoms with Crippen molar-refractivity contribution in [3.05, 3.63) is 76.0 Å². The van der Waals surface area contributed by atoms with Gasteiger partial charge in [0.05, 0.1) is 11.3 Å². The molecule has 9 heteroatoms. The van der Waals surface area contributed by atoms with Crippen molar-refractivity contribution >= 4 is 51.2 Å². The molecule has 36 heavy (non-hydrogen) atoms. The van der Waals surface area contributed by atoms with Gasteiger partial charge in [0.2, 0.25) is 5.09 Å². The number of sulfonamides is 1. The van der Waals surface area contributed by atoms with Crippen molar-refractivity contribution in [2.24, 2.45) is 5.92 Å². The van der Waals surface area contributed by atoms with Gasteiger partial charge in [-0.2, -0.15) is 8.42 Å². The second kappa shape index (κ2) is 11.4. The Bertz CT molecular complexity index is 1360. The van der Waals surface area contributed by atoms with Gasteiger partial charge in [0, 0.05) is 36.1 Å². The Hall–Kier alpha value is -2.26. The minimum Gasteiger partial charge on any atom is -0.487 e. The molecule has 1 aromatic heterocycles. The van der Waals surface area contributed by atoms with Crippen molar-refractivity contribution in [2.75, 3.05) is 10.8 Å². The standard InChI is InChI=1S/C27H31NO6S.Na/c1-17(2)15-28(35(31,32)26-11-8-19(4)34-26)24-13-20-6-5-7-21(20)14-25(24)33-16-23-10-9-22(27(29)30)12-18(23)3;/h8-14,17H,5-7,15-16H2,1-4H3,(H,29,30);. The molecule has 0 saturated carbocycles. The van der Waals surface area contributed by atoms with E-state index in [9.17, 15) is 18.3 Å². The number of carboxylic acids is 1. The van der Waals surface area contributed by atoms with Crippen LogP contribution in [-0.2, 0) is 29.5 Å². The molecule has 4 rings (SSSR count). The molecule has 1 heterocycles. The van der Waals surface area contributed by atoms with Gasteiger partial charge in [0.15, 0.2) is 0 Å². The van der Waals surface area contributed by atoms with Crippen LogP contribution < -0.4 is 9.04 Å². The van der Waals surface area contributed by atoms with E-state index in [2.05, 4.69) is 0 Å². The molecule has 2 aromatic carbocycles. The molecule has 1 radical (unpaired) electrons. The first-order valence-electron chi connectivity index (χ1n) is 11.8. The summed E-state index contributed by atoms with van der Waals surface area (Å²) >= 11 is 0. The third kappa shape index (κ3) is 5.99. The number of rotatable bonds is 9. The Balaban J connectivity index is 0.00000361. The summed E-state index contributed by atoms with van der Waals surface area (Å²) in [7, 11) is -3.95. The fourth-order valence-corrected chi connectivity index (χ4v) is 5.95. The Labute approximate surface area is 234 Å². The number of aryl methyl sites for hydroxylation is 4. The molecule has 0 atom stereocenters. The average molecular weight is 521 g/mol. The van der Waals surface area contributed by atoms with Gasteiger partial charge in [-0.25, -0.2) is 4.79 Å². The van der Waals surface area contributed by atoms with Crippen LogP contribution in [0.5, 0.6) is 5.75 Å². The van der Waals surface area contributed by atoms with Crippen molar-refractivity contribution in [3.8, 4) is 5.75 Å². The minimum atomic E-state index is -3.95. The maximum Gasteiger partial charge on any atom is 0.335 e. The van der Waals surface area contributed by atoms with Crippen molar-refractivity contribution in [2.45, 2.75) is 58.7 Å². The molecule has 0 bridgehead atoms. The number of benzene rings is 2. The molecule has 0 saturated heterocycles. The fraction of sp³-hybridized carbons (Fsp3) is 0.370. The molecule has 0 amide bonds. The van der Waals surface area contributed by atoms with Crippen molar-refractivity contribution in [3.63, 3.8) is 0 Å². The first-order valence-corrected chi connectivity index (χ1v) is 13.2. The number of fused-ring (bicyclic) bond motifs is 1. The molecular weight excluding hydrogens is 489 g/mol. The van der Waals surface area contributed by atoms with Gasteiger partial charge in [0.1, 0.15) is 18.1 Å². The zero-order valence-electron chi connectivity index (χ0n) is 21.5. The predicted molar refractivity (Wildman–Crippen MR) is 140 cm³/mol. The predicted octanol–water partition coefficient (Wildman–Crippen LogP) is 5.13. The third-order valence-corrected chi connectivity index (χ3v) is 7.86. The van der Waals surface area contributed by atoms with Gasteiger partial charge < -0.3 is 14.3 Å². The van der Waals surface area contributed by atoms with E-state index in [-0.39, 0.29) is 59.3 Å². The van der Waals surface area contributed by atoms with Crippen LogP contribution in [-0.4, -0.2) is 55.6 Å². The summed E-state index contributed by atoms with van der Waals surface area (Å²) < 4.78 is 40.5. The molecule has 187 valence electrons. The van der Waals surface area contributed by atoms with Crippen LogP contribution in [0.15, 0.2) is 52.0 Å². The van der Waals surface area contributed by atoms with Crippen molar-refractivity contribution in [1.82, 2.24) is 0 Å². The van der Waals surface area contributed by atoms with Crippen LogP contribution >= 0.6 is 0 Å². The summed E-state index contributed by atoms with van der Waals surface area (Å²) in [6, 6.07) is 11.9. The Kier molecular flexibility index (Phi) is 8.98. The van der Waals surface area contributed by atoms with Crippen LogP contribution in [0.1, 0.15) is 58.6 Å². The second-order valence-corrected chi connectivity index (χ2v) is 11.3. The summed E-state index contributed by atoms with van der Waals surface area (Å²) in [5.41, 5.74) is 4.64. The van der Waals surface area contributed by atoms with Gasteiger partial charge in [0.25, 0.3) is 10.0 Å². The molecule has 1 aliphatic rings. The van der Waals surface area contributed by atoms with Gasteiger partial charge in [-0.05, 0) is 97.7 Å². The number of aromatic carboxylic acids is 1. The van der Waals surface area contributed by atoms with Crippen LogP contribution in [0.4, 0.5) is 5.69 Å². The largest absolute Gasteiger partial charge is 0.487 e. The number of furan rings is 1. The normalized spacial score (nSPS) is 12.8. The summed E-state index contributed by atoms with van der Waals surface area (Å²) in [6.07, 6.45) is 2.84. The number of hydrogen-bond acceptors (Lipinski definition) is 5. The SMILES string of the molecule is Cc1ccc(S(=O)(=O)N(CC(C)C)c2cc3c(cc2OCc2ccc(C(=O)O)cc2C)CCC3)o1.[Na]. The molecule has 0 unspecified atom stereocenters. The van der Waals surface area contributed by atoms with Gasteiger partial charge in [-0.3, -0.25) is 4.31 Å². The fourth-order valence-electron chi connectivity index (χ4n) is 4.36. The minimum absolute atomic E-state index is 0.